The summed E-state index contributed by atoms with van der Waals surface area (Å²) in [6.45, 7) is 0. The molecule has 0 radical (unpaired) electrons. The van der Waals surface area contributed by atoms with Gasteiger partial charge in [-0.15, -0.1) is 0 Å². The van der Waals surface area contributed by atoms with Crippen LogP contribution in [-0.2, 0) is 0 Å². The maximum absolute atomic E-state index is 13.0. The molecule has 1 heterocycles. The first kappa shape index (κ1) is 13.7. The summed E-state index contributed by atoms with van der Waals surface area (Å²) >= 11 is 0. The number of carboxylic acid groups (broad SMARTS) is 1. The molecule has 7 heteroatoms. The molecule has 0 amide bonds. The molecule has 0 fully saturated rings. The van der Waals surface area contributed by atoms with E-state index in [-0.39, 0.29) is 5.95 Å². The summed E-state index contributed by atoms with van der Waals surface area (Å²) in [5.74, 6) is -1.55. The number of aromatic carboxylic acids is 1. The van der Waals surface area contributed by atoms with Crippen molar-refractivity contribution < 1.29 is 14.3 Å². The molecule has 1 aromatic carbocycles. The van der Waals surface area contributed by atoms with Crippen molar-refractivity contribution in [3.05, 3.63) is 52.2 Å². The number of carbonyl (C=O) groups is 1. The van der Waals surface area contributed by atoms with Crippen LogP contribution in [0.15, 0.2) is 35.3 Å². The van der Waals surface area contributed by atoms with Crippen molar-refractivity contribution in [3.8, 4) is 5.69 Å². The average molecular weight is 277 g/mol. The van der Waals surface area contributed by atoms with Crippen molar-refractivity contribution in [2.45, 2.75) is 0 Å². The second-order valence-electron chi connectivity index (χ2n) is 4.29. The highest BCUT2D eigenvalue weighted by molar-refractivity contribution is 5.87. The Balaban J connectivity index is 2.77. The fraction of sp³-hybridized carbons (Fsp3) is 0.154. The molecule has 0 bridgehead atoms. The summed E-state index contributed by atoms with van der Waals surface area (Å²) in [7, 11) is 3.34. The van der Waals surface area contributed by atoms with Gasteiger partial charge in [-0.3, -0.25) is 4.79 Å². The van der Waals surface area contributed by atoms with E-state index in [1.54, 1.807) is 19.0 Å². The van der Waals surface area contributed by atoms with Crippen LogP contribution in [0.1, 0.15) is 10.4 Å². The zero-order valence-corrected chi connectivity index (χ0v) is 10.9. The molecular weight excluding hydrogens is 265 g/mol. The first-order valence-corrected chi connectivity index (χ1v) is 5.70. The van der Waals surface area contributed by atoms with Crippen LogP contribution in [0.2, 0.25) is 0 Å². The summed E-state index contributed by atoms with van der Waals surface area (Å²) in [5.41, 5.74) is -0.821. The third-order valence-electron chi connectivity index (χ3n) is 2.66. The zero-order valence-electron chi connectivity index (χ0n) is 10.9. The lowest BCUT2D eigenvalue weighted by molar-refractivity contribution is 0.0694. The molecular formula is C13H12FN3O3. The quantitative estimate of drug-likeness (QED) is 0.910. The number of benzene rings is 1. The topological polar surface area (TPSA) is 75.4 Å². The van der Waals surface area contributed by atoms with Gasteiger partial charge < -0.3 is 10.0 Å². The molecule has 2 aromatic rings. The fourth-order valence-corrected chi connectivity index (χ4v) is 1.73. The van der Waals surface area contributed by atoms with Crippen LogP contribution in [0.3, 0.4) is 0 Å². The first-order valence-electron chi connectivity index (χ1n) is 5.70. The van der Waals surface area contributed by atoms with Crippen molar-refractivity contribution in [3.63, 3.8) is 0 Å². The van der Waals surface area contributed by atoms with Crippen molar-refractivity contribution in [2.75, 3.05) is 19.0 Å². The predicted molar refractivity (Wildman–Crippen MR) is 71.1 cm³/mol. The maximum atomic E-state index is 13.0. The van der Waals surface area contributed by atoms with Gasteiger partial charge in [-0.1, -0.05) is 0 Å². The Morgan fingerprint density at radius 1 is 1.30 bits per heavy atom. The van der Waals surface area contributed by atoms with Crippen LogP contribution in [0.25, 0.3) is 5.69 Å². The number of rotatable bonds is 3. The SMILES string of the molecule is CN(C)c1ncc(C(=O)O)c(=O)n1-c1ccc(F)cc1. The lowest BCUT2D eigenvalue weighted by Crippen LogP contribution is -2.31. The van der Waals surface area contributed by atoms with Crippen molar-refractivity contribution in [1.82, 2.24) is 9.55 Å². The highest BCUT2D eigenvalue weighted by Gasteiger charge is 2.17. The van der Waals surface area contributed by atoms with Crippen molar-refractivity contribution in [1.29, 1.82) is 0 Å². The number of aromatic nitrogens is 2. The summed E-state index contributed by atoms with van der Waals surface area (Å²) in [4.78, 5) is 28.8. The molecule has 0 unspecified atom stereocenters. The fourth-order valence-electron chi connectivity index (χ4n) is 1.73. The van der Waals surface area contributed by atoms with Gasteiger partial charge in [0.1, 0.15) is 11.4 Å². The number of hydrogen-bond donors (Lipinski definition) is 1. The number of carboxylic acids is 1. The smallest absolute Gasteiger partial charge is 0.342 e. The van der Waals surface area contributed by atoms with Crippen LogP contribution in [0, 0.1) is 5.82 Å². The van der Waals surface area contributed by atoms with E-state index in [4.69, 9.17) is 5.11 Å². The van der Waals surface area contributed by atoms with Gasteiger partial charge in [-0.25, -0.2) is 18.7 Å². The van der Waals surface area contributed by atoms with Gasteiger partial charge >= 0.3 is 5.97 Å². The highest BCUT2D eigenvalue weighted by atomic mass is 19.1. The molecule has 0 spiro atoms. The van der Waals surface area contributed by atoms with E-state index >= 15 is 0 Å². The van der Waals surface area contributed by atoms with Gasteiger partial charge in [-0.05, 0) is 24.3 Å². The van der Waals surface area contributed by atoms with E-state index in [1.807, 2.05) is 0 Å². The molecule has 0 saturated carbocycles. The van der Waals surface area contributed by atoms with Gasteiger partial charge in [0.2, 0.25) is 5.95 Å². The zero-order chi connectivity index (χ0) is 14.9. The Morgan fingerprint density at radius 3 is 2.40 bits per heavy atom. The molecule has 0 saturated heterocycles. The van der Waals surface area contributed by atoms with E-state index < -0.39 is 22.9 Å². The van der Waals surface area contributed by atoms with Crippen LogP contribution in [0.5, 0.6) is 0 Å². The minimum atomic E-state index is -1.36. The third kappa shape index (κ3) is 2.37. The van der Waals surface area contributed by atoms with E-state index in [0.29, 0.717) is 5.69 Å². The number of hydrogen-bond acceptors (Lipinski definition) is 4. The molecule has 0 aliphatic heterocycles. The predicted octanol–water partition coefficient (Wildman–Crippen LogP) is 1.14. The third-order valence-corrected chi connectivity index (χ3v) is 2.66. The average Bonchev–Trinajstić information content (AvgIpc) is 2.39. The van der Waals surface area contributed by atoms with Gasteiger partial charge in [0.25, 0.3) is 5.56 Å². The molecule has 6 nitrogen and oxygen atoms in total. The highest BCUT2D eigenvalue weighted by Crippen LogP contribution is 2.14. The first-order chi connectivity index (χ1) is 9.41. The van der Waals surface area contributed by atoms with Gasteiger partial charge in [0, 0.05) is 14.1 Å². The second-order valence-corrected chi connectivity index (χ2v) is 4.29. The monoisotopic (exact) mass is 277 g/mol. The van der Waals surface area contributed by atoms with Crippen molar-refractivity contribution in [2.24, 2.45) is 0 Å². The molecule has 1 aromatic heterocycles. The molecule has 0 aliphatic rings. The minimum absolute atomic E-state index is 0.256. The van der Waals surface area contributed by atoms with Gasteiger partial charge in [0.05, 0.1) is 11.9 Å². The van der Waals surface area contributed by atoms with E-state index in [1.165, 1.54) is 24.3 Å². The summed E-state index contributed by atoms with van der Waals surface area (Å²) in [5, 5.41) is 8.98. The van der Waals surface area contributed by atoms with Crippen LogP contribution in [-0.4, -0.2) is 34.7 Å². The van der Waals surface area contributed by atoms with Crippen LogP contribution < -0.4 is 10.5 Å². The van der Waals surface area contributed by atoms with E-state index in [0.717, 1.165) is 10.8 Å². The second kappa shape index (κ2) is 5.12. The van der Waals surface area contributed by atoms with Crippen LogP contribution in [0.4, 0.5) is 10.3 Å². The summed E-state index contributed by atoms with van der Waals surface area (Å²) in [6.07, 6.45) is 1.01. The number of anilines is 1. The number of halogens is 1. The van der Waals surface area contributed by atoms with E-state index in [2.05, 4.69) is 4.98 Å². The Morgan fingerprint density at radius 2 is 1.90 bits per heavy atom. The Hall–Kier alpha value is -2.70. The molecule has 2 rings (SSSR count). The maximum Gasteiger partial charge on any atom is 0.342 e. The lowest BCUT2D eigenvalue weighted by Gasteiger charge is -2.18. The molecule has 20 heavy (non-hydrogen) atoms. The molecule has 1 N–H and O–H groups in total. The standard InChI is InChI=1S/C13H12FN3O3/c1-16(2)13-15-7-10(12(19)20)11(18)17(13)9-5-3-8(14)4-6-9/h3-7H,1-2H3,(H,19,20). The molecule has 104 valence electrons. The Kier molecular flexibility index (Phi) is 3.51. The van der Waals surface area contributed by atoms with Crippen molar-refractivity contribution >= 4 is 11.9 Å². The van der Waals surface area contributed by atoms with Gasteiger partial charge in [-0.2, -0.15) is 0 Å². The largest absolute Gasteiger partial charge is 0.477 e. The molecule has 0 aliphatic carbocycles. The molecule has 0 atom stereocenters. The minimum Gasteiger partial charge on any atom is -0.477 e. The van der Waals surface area contributed by atoms with Crippen LogP contribution >= 0.6 is 0 Å². The normalized spacial score (nSPS) is 10.3. The Bertz CT molecular complexity index is 708. The summed E-state index contributed by atoms with van der Waals surface area (Å²) in [6, 6.07) is 5.15. The number of nitrogens with zero attached hydrogens (tertiary/aromatic N) is 3. The summed E-state index contributed by atoms with van der Waals surface area (Å²) < 4.78 is 14.1. The van der Waals surface area contributed by atoms with E-state index in [9.17, 15) is 14.0 Å². The van der Waals surface area contributed by atoms with Gasteiger partial charge in [0.15, 0.2) is 0 Å². The lowest BCUT2D eigenvalue weighted by atomic mass is 10.3. The Labute approximate surface area is 113 Å².